The highest BCUT2D eigenvalue weighted by molar-refractivity contribution is 6.31. The van der Waals surface area contributed by atoms with Crippen molar-refractivity contribution in [2.75, 3.05) is 6.54 Å². The van der Waals surface area contributed by atoms with Crippen LogP contribution in [0.15, 0.2) is 59.5 Å². The number of nitrogens with one attached hydrogen (secondary N) is 1. The van der Waals surface area contributed by atoms with Crippen molar-refractivity contribution in [3.05, 3.63) is 103 Å². The van der Waals surface area contributed by atoms with Gasteiger partial charge in [-0.05, 0) is 47.6 Å². The van der Waals surface area contributed by atoms with Gasteiger partial charge in [0, 0.05) is 35.3 Å². The van der Waals surface area contributed by atoms with Crippen molar-refractivity contribution in [1.29, 1.82) is 0 Å². The minimum Gasteiger partial charge on any atom is -0.331 e. The van der Waals surface area contributed by atoms with E-state index in [0.717, 1.165) is 0 Å². The highest BCUT2D eigenvalue weighted by atomic mass is 35.5. The number of H-pyrrole nitrogens is 1. The van der Waals surface area contributed by atoms with E-state index in [1.165, 1.54) is 30.5 Å². The number of nitrogens with zero attached hydrogens (tertiary/aromatic N) is 1. The Morgan fingerprint density at radius 1 is 1.09 bits per heavy atom. The van der Waals surface area contributed by atoms with Crippen LogP contribution in [0, 0.1) is 23.0 Å². The Balaban J connectivity index is 1.92. The summed E-state index contributed by atoms with van der Waals surface area (Å²) in [6, 6.07) is 11.0. The van der Waals surface area contributed by atoms with E-state index in [1.807, 2.05) is 0 Å². The fraction of sp³-hybridized carbons (Fsp3) is 0.333. The summed E-state index contributed by atoms with van der Waals surface area (Å²) in [6.45, 7) is 6.50. The van der Waals surface area contributed by atoms with Crippen LogP contribution in [0.4, 0.5) is 8.78 Å². The molecule has 1 aliphatic heterocycles. The lowest BCUT2D eigenvalue weighted by atomic mass is 9.74. The molecule has 4 nitrogen and oxygen atoms in total. The van der Waals surface area contributed by atoms with Gasteiger partial charge in [0.25, 0.3) is 5.91 Å². The number of aromatic nitrogens is 1. The Kier molecular flexibility index (Phi) is 7.07. The SMILES string of the molecule is CC(C)(C)CC1CN(C(=O)c2ccc(=O)[nH]c2)C(c2cccc(Cl)c2F)C1c1ccc(Cl)cc1F. The number of hydrogen-bond donors (Lipinski definition) is 1. The van der Waals surface area contributed by atoms with Crippen molar-refractivity contribution in [1.82, 2.24) is 9.88 Å². The first-order chi connectivity index (χ1) is 16.5. The molecule has 3 unspecified atom stereocenters. The first-order valence-corrected chi connectivity index (χ1v) is 12.1. The first-order valence-electron chi connectivity index (χ1n) is 11.3. The molecule has 1 N–H and O–H groups in total. The van der Waals surface area contributed by atoms with Crippen LogP contribution in [0.5, 0.6) is 0 Å². The summed E-state index contributed by atoms with van der Waals surface area (Å²) in [5.74, 6) is -2.27. The summed E-state index contributed by atoms with van der Waals surface area (Å²) in [7, 11) is 0. The van der Waals surface area contributed by atoms with Gasteiger partial charge < -0.3 is 9.88 Å². The molecule has 3 aromatic rings. The molecule has 184 valence electrons. The van der Waals surface area contributed by atoms with Crippen LogP contribution in [0.3, 0.4) is 0 Å². The molecule has 0 bridgehead atoms. The van der Waals surface area contributed by atoms with Crippen molar-refractivity contribution in [3.8, 4) is 0 Å². The molecule has 1 saturated heterocycles. The molecule has 2 heterocycles. The molecule has 3 atom stereocenters. The molecule has 2 aromatic carbocycles. The quantitative estimate of drug-likeness (QED) is 0.404. The second kappa shape index (κ2) is 9.75. The summed E-state index contributed by atoms with van der Waals surface area (Å²) < 4.78 is 30.8. The number of amides is 1. The lowest BCUT2D eigenvalue weighted by Gasteiger charge is -2.31. The van der Waals surface area contributed by atoms with Gasteiger partial charge in [0.15, 0.2) is 0 Å². The number of likely N-dealkylation sites (tertiary alicyclic amines) is 1. The van der Waals surface area contributed by atoms with Gasteiger partial charge in [-0.15, -0.1) is 0 Å². The van der Waals surface area contributed by atoms with Gasteiger partial charge >= 0.3 is 0 Å². The second-order valence-corrected chi connectivity index (χ2v) is 11.0. The van der Waals surface area contributed by atoms with Crippen LogP contribution in [-0.4, -0.2) is 22.3 Å². The van der Waals surface area contributed by atoms with E-state index >= 15 is 8.78 Å². The molecular weight excluding hydrogens is 493 g/mol. The third kappa shape index (κ3) is 5.29. The maximum atomic E-state index is 15.4. The molecule has 1 aromatic heterocycles. The van der Waals surface area contributed by atoms with Gasteiger partial charge in [0.1, 0.15) is 11.6 Å². The zero-order valence-electron chi connectivity index (χ0n) is 19.6. The zero-order chi connectivity index (χ0) is 25.5. The Morgan fingerprint density at radius 2 is 1.83 bits per heavy atom. The van der Waals surface area contributed by atoms with E-state index in [2.05, 4.69) is 25.8 Å². The minimum absolute atomic E-state index is 0.0754. The van der Waals surface area contributed by atoms with Crippen molar-refractivity contribution in [2.45, 2.75) is 39.2 Å². The smallest absolute Gasteiger partial charge is 0.255 e. The lowest BCUT2D eigenvalue weighted by Crippen LogP contribution is -2.33. The van der Waals surface area contributed by atoms with Gasteiger partial charge in [0.05, 0.1) is 16.6 Å². The maximum absolute atomic E-state index is 15.4. The number of aromatic amines is 1. The van der Waals surface area contributed by atoms with Gasteiger partial charge in [-0.25, -0.2) is 8.78 Å². The molecule has 0 spiro atoms. The fourth-order valence-electron chi connectivity index (χ4n) is 5.13. The normalized spacial score (nSPS) is 20.3. The van der Waals surface area contributed by atoms with E-state index < -0.39 is 23.6 Å². The van der Waals surface area contributed by atoms with Crippen LogP contribution >= 0.6 is 23.2 Å². The zero-order valence-corrected chi connectivity index (χ0v) is 21.1. The Labute approximate surface area is 212 Å². The topological polar surface area (TPSA) is 53.2 Å². The van der Waals surface area contributed by atoms with Crippen molar-refractivity contribution in [3.63, 3.8) is 0 Å². The van der Waals surface area contributed by atoms with Crippen LogP contribution in [0.2, 0.25) is 10.0 Å². The van der Waals surface area contributed by atoms with E-state index in [4.69, 9.17) is 23.2 Å². The lowest BCUT2D eigenvalue weighted by molar-refractivity contribution is 0.0721. The number of carbonyl (C=O) groups is 1. The number of pyridine rings is 1. The third-order valence-corrected chi connectivity index (χ3v) is 6.93. The molecule has 0 aliphatic carbocycles. The summed E-state index contributed by atoms with van der Waals surface area (Å²) in [5, 5.41) is 0.178. The standard InChI is InChI=1S/C27H26Cl2F2N2O2/c1-27(2,3)12-16-14-33(26(35)15-7-10-22(34)32-13-15)25(19-5-4-6-20(29)24(19)31)23(16)18-9-8-17(28)11-21(18)30/h4-11,13,16,23,25H,12,14H2,1-3H3,(H,32,34). The van der Waals surface area contributed by atoms with Gasteiger partial charge in [-0.2, -0.15) is 0 Å². The number of hydrogen-bond acceptors (Lipinski definition) is 2. The molecule has 35 heavy (non-hydrogen) atoms. The average Bonchev–Trinajstić information content (AvgIpc) is 3.12. The predicted octanol–water partition coefficient (Wildman–Crippen LogP) is 6.99. The fourth-order valence-corrected chi connectivity index (χ4v) is 5.47. The van der Waals surface area contributed by atoms with Crippen molar-refractivity contribution >= 4 is 29.1 Å². The number of carbonyl (C=O) groups excluding carboxylic acids is 1. The Morgan fingerprint density at radius 3 is 2.46 bits per heavy atom. The van der Waals surface area contributed by atoms with Gasteiger partial charge in [-0.1, -0.05) is 62.2 Å². The van der Waals surface area contributed by atoms with E-state index in [9.17, 15) is 9.59 Å². The number of benzene rings is 2. The monoisotopic (exact) mass is 518 g/mol. The molecule has 4 rings (SSSR count). The maximum Gasteiger partial charge on any atom is 0.255 e. The largest absolute Gasteiger partial charge is 0.331 e. The molecule has 1 aliphatic rings. The number of halogens is 4. The minimum atomic E-state index is -0.823. The van der Waals surface area contributed by atoms with Gasteiger partial charge in [-0.3, -0.25) is 9.59 Å². The Hall–Kier alpha value is -2.70. The predicted molar refractivity (Wildman–Crippen MR) is 134 cm³/mol. The van der Waals surface area contributed by atoms with Gasteiger partial charge in [0.2, 0.25) is 5.56 Å². The van der Waals surface area contributed by atoms with E-state index in [1.54, 1.807) is 29.2 Å². The van der Waals surface area contributed by atoms with Crippen molar-refractivity contribution < 1.29 is 13.6 Å². The summed E-state index contributed by atoms with van der Waals surface area (Å²) in [6.07, 6.45) is 2.00. The highest BCUT2D eigenvalue weighted by Gasteiger charge is 2.48. The van der Waals surface area contributed by atoms with Crippen LogP contribution in [0.25, 0.3) is 0 Å². The van der Waals surface area contributed by atoms with Crippen LogP contribution in [0.1, 0.15) is 60.6 Å². The third-order valence-electron chi connectivity index (χ3n) is 6.40. The van der Waals surface area contributed by atoms with Crippen LogP contribution in [-0.2, 0) is 0 Å². The highest BCUT2D eigenvalue weighted by Crippen LogP contribution is 2.52. The molecule has 1 amide bonds. The summed E-state index contributed by atoms with van der Waals surface area (Å²) in [5.41, 5.74) is 0.354. The van der Waals surface area contributed by atoms with E-state index in [0.29, 0.717) is 12.0 Å². The molecule has 0 radical (unpaired) electrons. The average molecular weight is 519 g/mol. The Bertz CT molecular complexity index is 1300. The van der Waals surface area contributed by atoms with E-state index in [-0.39, 0.29) is 50.5 Å². The summed E-state index contributed by atoms with van der Waals surface area (Å²) >= 11 is 12.2. The first kappa shape index (κ1) is 25.4. The molecule has 0 saturated carbocycles. The molecule has 1 fully saturated rings. The van der Waals surface area contributed by atoms with Crippen LogP contribution < -0.4 is 5.56 Å². The number of rotatable bonds is 4. The summed E-state index contributed by atoms with van der Waals surface area (Å²) in [4.78, 5) is 29.3. The van der Waals surface area contributed by atoms with Crippen molar-refractivity contribution in [2.24, 2.45) is 11.3 Å². The molecular formula is C27H26Cl2F2N2O2. The molecule has 8 heteroatoms. The second-order valence-electron chi connectivity index (χ2n) is 10.2.